The summed E-state index contributed by atoms with van der Waals surface area (Å²) in [7, 11) is 3.42. The van der Waals surface area contributed by atoms with Gasteiger partial charge >= 0.3 is 6.09 Å². The summed E-state index contributed by atoms with van der Waals surface area (Å²) in [6.07, 6.45) is 2.95. The first-order valence-electron chi connectivity index (χ1n) is 17.9. The fourth-order valence-corrected chi connectivity index (χ4v) is 6.89. The molecule has 2 amide bonds. The molecule has 2 atom stereocenters. The zero-order chi connectivity index (χ0) is 36.4. The van der Waals surface area contributed by atoms with E-state index in [0.29, 0.717) is 30.6 Å². The lowest BCUT2D eigenvalue weighted by Crippen LogP contribution is -2.43. The second kappa shape index (κ2) is 14.9. The van der Waals surface area contributed by atoms with Crippen molar-refractivity contribution in [2.75, 3.05) is 20.7 Å². The number of H-pyrrole nitrogens is 2. The van der Waals surface area contributed by atoms with Crippen molar-refractivity contribution < 1.29 is 19.1 Å². The number of aromatic amines is 2. The van der Waals surface area contributed by atoms with E-state index in [1.807, 2.05) is 37.3 Å². The maximum Gasteiger partial charge on any atom is 0.407 e. The maximum absolute atomic E-state index is 13.8. The third-order valence-electron chi connectivity index (χ3n) is 10.1. The van der Waals surface area contributed by atoms with E-state index in [0.717, 1.165) is 80.7 Å². The van der Waals surface area contributed by atoms with E-state index in [9.17, 15) is 9.59 Å². The van der Waals surface area contributed by atoms with Gasteiger partial charge in [-0.25, -0.2) is 14.8 Å². The smallest absolute Gasteiger partial charge is 0.407 e. The zero-order valence-electron chi connectivity index (χ0n) is 30.3. The monoisotopic (exact) mass is 699 g/mol. The van der Waals surface area contributed by atoms with Crippen molar-refractivity contribution in [1.82, 2.24) is 35.1 Å². The zero-order valence-corrected chi connectivity index (χ0v) is 30.3. The number of nitrogens with one attached hydrogen (secondary N) is 3. The molecule has 0 saturated heterocycles. The molecule has 1 aliphatic rings. The molecule has 3 heterocycles. The van der Waals surface area contributed by atoms with Crippen LogP contribution < -0.4 is 10.1 Å². The number of fused-ring (bicyclic) bond motifs is 6. The molecule has 0 radical (unpaired) electrons. The number of amides is 2. The van der Waals surface area contributed by atoms with Crippen LogP contribution >= 0.6 is 0 Å². The van der Waals surface area contributed by atoms with Crippen LogP contribution in [0.5, 0.6) is 5.75 Å². The molecule has 52 heavy (non-hydrogen) atoms. The summed E-state index contributed by atoms with van der Waals surface area (Å²) >= 11 is 0. The Balaban J connectivity index is 1.12. The number of ether oxygens (including phenoxy) is 2. The minimum Gasteiger partial charge on any atom is -0.488 e. The van der Waals surface area contributed by atoms with E-state index < -0.39 is 12.1 Å². The predicted octanol–water partition coefficient (Wildman–Crippen LogP) is 7.73. The Labute approximate surface area is 303 Å². The van der Waals surface area contributed by atoms with Gasteiger partial charge in [-0.05, 0) is 78.7 Å². The molecule has 0 saturated carbocycles. The van der Waals surface area contributed by atoms with Crippen molar-refractivity contribution in [2.24, 2.45) is 0 Å². The third-order valence-corrected chi connectivity index (χ3v) is 10.1. The van der Waals surface area contributed by atoms with E-state index >= 15 is 0 Å². The van der Waals surface area contributed by atoms with Gasteiger partial charge in [0.25, 0.3) is 0 Å². The highest BCUT2D eigenvalue weighted by atomic mass is 16.5. The SMILES string of the molecule is CCCN(Cc1ncc(-c2ccc3c(c2)COc2cc4c(ccc5nc(CN(C)[C@@H](C)CC)[nH]c54)cc2-3)[nH]1)C(=O)[C@H](NC(=O)OC)c1ccccc1. The molecule has 0 spiro atoms. The number of methoxy groups -OCH3 is 1. The van der Waals surface area contributed by atoms with Gasteiger partial charge in [0.05, 0.1) is 43.1 Å². The molecule has 3 N–H and O–H groups in total. The highest BCUT2D eigenvalue weighted by Gasteiger charge is 2.28. The Morgan fingerprint density at radius 2 is 1.81 bits per heavy atom. The summed E-state index contributed by atoms with van der Waals surface area (Å²) in [6.45, 7) is 8.40. The molecule has 268 valence electrons. The second-order valence-electron chi connectivity index (χ2n) is 13.5. The molecule has 0 aliphatic carbocycles. The number of carbonyl (C=O) groups is 2. The number of imidazole rings is 2. The van der Waals surface area contributed by atoms with Crippen LogP contribution in [-0.2, 0) is 29.2 Å². The summed E-state index contributed by atoms with van der Waals surface area (Å²) in [5, 5.41) is 4.92. The van der Waals surface area contributed by atoms with E-state index in [2.05, 4.69) is 88.5 Å². The standard InChI is InChI=1S/C41H45N7O4/c1-6-17-48(40(49)38(46-41(50)51-5)26-11-9-8-10-12-26)23-36-42-21-34(44-36)28-13-15-30-29(18-28)24-52-35-20-31-27(19-32(30)35)14-16-33-39(31)45-37(43-33)22-47(4)25(3)7-2/h8-16,18-21,25,38H,6-7,17,22-24H2,1-5H3,(H,42,44)(H,43,45)(H,46,50)/t25-,38+/m0/s1. The Bertz CT molecular complexity index is 2230. The van der Waals surface area contributed by atoms with Crippen molar-refractivity contribution in [1.29, 1.82) is 0 Å². The minimum atomic E-state index is -0.889. The quantitative estimate of drug-likeness (QED) is 0.119. The number of rotatable bonds is 12. The highest BCUT2D eigenvalue weighted by Crippen LogP contribution is 2.42. The molecule has 0 unspecified atom stereocenters. The Morgan fingerprint density at radius 3 is 2.58 bits per heavy atom. The van der Waals surface area contributed by atoms with Crippen LogP contribution in [0.3, 0.4) is 0 Å². The average molecular weight is 700 g/mol. The number of carbonyl (C=O) groups excluding carboxylic acids is 2. The first-order chi connectivity index (χ1) is 25.3. The van der Waals surface area contributed by atoms with Crippen molar-refractivity contribution in [3.8, 4) is 28.1 Å². The summed E-state index contributed by atoms with van der Waals surface area (Å²) in [5.41, 5.74) is 7.76. The average Bonchev–Trinajstić information content (AvgIpc) is 3.82. The van der Waals surface area contributed by atoms with E-state index in [1.165, 1.54) is 7.11 Å². The van der Waals surface area contributed by atoms with Crippen LogP contribution in [0, 0.1) is 0 Å². The Kier molecular flexibility index (Phi) is 9.95. The van der Waals surface area contributed by atoms with Crippen LogP contribution in [0.15, 0.2) is 79.0 Å². The van der Waals surface area contributed by atoms with Crippen molar-refractivity contribution in [2.45, 2.75) is 65.4 Å². The van der Waals surface area contributed by atoms with E-state index in [-0.39, 0.29) is 12.5 Å². The molecule has 0 bridgehead atoms. The lowest BCUT2D eigenvalue weighted by molar-refractivity contribution is -0.134. The van der Waals surface area contributed by atoms with Crippen molar-refractivity contribution in [3.05, 3.63) is 102 Å². The summed E-state index contributed by atoms with van der Waals surface area (Å²) in [6, 6.07) is 23.7. The van der Waals surface area contributed by atoms with Gasteiger partial charge in [0, 0.05) is 23.5 Å². The molecule has 11 nitrogen and oxygen atoms in total. The lowest BCUT2D eigenvalue weighted by atomic mass is 9.92. The molecule has 1 aliphatic heterocycles. The summed E-state index contributed by atoms with van der Waals surface area (Å²) in [5.74, 6) is 2.22. The van der Waals surface area contributed by atoms with Crippen LogP contribution in [0.25, 0.3) is 44.2 Å². The number of alkyl carbamates (subject to hydrolysis) is 1. The lowest BCUT2D eigenvalue weighted by Gasteiger charge is -2.27. The Hall–Kier alpha value is -5.68. The van der Waals surface area contributed by atoms with Crippen molar-refractivity contribution >= 4 is 33.8 Å². The van der Waals surface area contributed by atoms with Gasteiger partial charge < -0.3 is 29.7 Å². The number of aromatic nitrogens is 4. The number of benzene rings is 4. The molecule has 7 rings (SSSR count). The largest absolute Gasteiger partial charge is 0.488 e. The summed E-state index contributed by atoms with van der Waals surface area (Å²) < 4.78 is 11.2. The topological polar surface area (TPSA) is 128 Å². The fraction of sp³-hybridized carbons (Fsp3) is 0.317. The molecule has 11 heteroatoms. The predicted molar refractivity (Wildman–Crippen MR) is 203 cm³/mol. The second-order valence-corrected chi connectivity index (χ2v) is 13.5. The first kappa shape index (κ1) is 34.8. The number of nitrogens with zero attached hydrogens (tertiary/aromatic N) is 4. The molecule has 0 fully saturated rings. The van der Waals surface area contributed by atoms with Gasteiger partial charge in [-0.15, -0.1) is 0 Å². The molecular formula is C41H45N7O4. The Morgan fingerprint density at radius 1 is 0.981 bits per heavy atom. The van der Waals surface area contributed by atoms with Crippen LogP contribution in [-0.4, -0.2) is 68.5 Å². The molecule has 2 aromatic heterocycles. The van der Waals surface area contributed by atoms with E-state index in [1.54, 1.807) is 11.1 Å². The normalized spacial score (nSPS) is 13.3. The van der Waals surface area contributed by atoms with Gasteiger partial charge in [-0.3, -0.25) is 9.69 Å². The van der Waals surface area contributed by atoms with Crippen LogP contribution in [0.2, 0.25) is 0 Å². The van der Waals surface area contributed by atoms with Crippen LogP contribution in [0.4, 0.5) is 4.79 Å². The summed E-state index contributed by atoms with van der Waals surface area (Å²) in [4.78, 5) is 46.6. The highest BCUT2D eigenvalue weighted by molar-refractivity contribution is 6.07. The van der Waals surface area contributed by atoms with Crippen molar-refractivity contribution in [3.63, 3.8) is 0 Å². The van der Waals surface area contributed by atoms with Gasteiger partial charge in [0.1, 0.15) is 30.0 Å². The van der Waals surface area contributed by atoms with E-state index in [4.69, 9.17) is 14.5 Å². The van der Waals surface area contributed by atoms with Gasteiger partial charge in [-0.2, -0.15) is 0 Å². The van der Waals surface area contributed by atoms with Gasteiger partial charge in [-0.1, -0.05) is 62.4 Å². The van der Waals surface area contributed by atoms with Gasteiger partial charge in [0.15, 0.2) is 0 Å². The number of hydrogen-bond donors (Lipinski definition) is 3. The van der Waals surface area contributed by atoms with Crippen LogP contribution in [0.1, 0.15) is 62.4 Å². The maximum atomic E-state index is 13.8. The minimum absolute atomic E-state index is 0.239. The fourth-order valence-electron chi connectivity index (χ4n) is 6.89. The molecule has 6 aromatic rings. The van der Waals surface area contributed by atoms with Gasteiger partial charge in [0.2, 0.25) is 5.91 Å². The number of hydrogen-bond acceptors (Lipinski definition) is 7. The molecular weight excluding hydrogens is 654 g/mol. The molecule has 4 aromatic carbocycles. The third kappa shape index (κ3) is 6.96. The first-order valence-corrected chi connectivity index (χ1v) is 17.9.